The molecule has 5 rings (SSSR count). The average Bonchev–Trinajstić information content (AvgIpc) is 3.00. The molecule has 3 heteroatoms. The number of ketones is 1. The molecular weight excluding hydrogens is 296 g/mol. The third kappa shape index (κ3) is 1.87. The Hall–Kier alpha value is -2.03. The van der Waals surface area contributed by atoms with Crippen LogP contribution in [0.25, 0.3) is 10.9 Å². The fraction of sp³-hybridized carbons (Fsp3) is 0.476. The molecule has 0 radical (unpaired) electrons. The van der Waals surface area contributed by atoms with Gasteiger partial charge in [0, 0.05) is 40.8 Å². The number of Topliss-reactive ketones (excluding diaryl/α,β-unsaturated/α-hetero) is 1. The molecule has 0 amide bonds. The lowest BCUT2D eigenvalue weighted by molar-refractivity contribution is -0.117. The number of carbonyl (C=O) groups excluding carboxylic acids is 1. The molecule has 124 valence electrons. The summed E-state index contributed by atoms with van der Waals surface area (Å²) in [7, 11) is 0. The maximum Gasteiger partial charge on any atom is 0.160 e. The van der Waals surface area contributed by atoms with Gasteiger partial charge in [-0.3, -0.25) is 4.79 Å². The van der Waals surface area contributed by atoms with Crippen LogP contribution in [0, 0.1) is 5.92 Å². The number of H-pyrrole nitrogens is 1. The van der Waals surface area contributed by atoms with Crippen LogP contribution in [-0.4, -0.2) is 22.2 Å². The number of benzene rings is 1. The topological polar surface area (TPSA) is 36.1 Å². The number of rotatable bonds is 1. The highest BCUT2D eigenvalue weighted by Crippen LogP contribution is 2.48. The van der Waals surface area contributed by atoms with Gasteiger partial charge < -0.3 is 9.88 Å². The molecular formula is C21H24N2O. The van der Waals surface area contributed by atoms with E-state index in [0.29, 0.717) is 17.7 Å². The van der Waals surface area contributed by atoms with Crippen molar-refractivity contribution in [1.29, 1.82) is 0 Å². The minimum absolute atomic E-state index is 0.420. The Morgan fingerprint density at radius 2 is 2.08 bits per heavy atom. The average molecular weight is 320 g/mol. The van der Waals surface area contributed by atoms with E-state index < -0.39 is 0 Å². The highest BCUT2D eigenvalue weighted by atomic mass is 16.1. The summed E-state index contributed by atoms with van der Waals surface area (Å²) < 4.78 is 0. The largest absolute Gasteiger partial charge is 0.366 e. The molecule has 2 aromatic rings. The summed E-state index contributed by atoms with van der Waals surface area (Å²) in [6, 6.07) is 9.11. The summed E-state index contributed by atoms with van der Waals surface area (Å²) in [4.78, 5) is 18.8. The van der Waals surface area contributed by atoms with Crippen molar-refractivity contribution in [2.45, 2.75) is 51.5 Å². The van der Waals surface area contributed by atoms with Crippen molar-refractivity contribution in [2.24, 2.45) is 5.92 Å². The summed E-state index contributed by atoms with van der Waals surface area (Å²) in [5, 5.41) is 1.39. The van der Waals surface area contributed by atoms with Crippen molar-refractivity contribution in [2.75, 3.05) is 6.54 Å². The van der Waals surface area contributed by atoms with E-state index in [1.807, 2.05) is 0 Å². The lowest BCUT2D eigenvalue weighted by atomic mass is 9.75. The monoisotopic (exact) mass is 320 g/mol. The molecule has 2 atom stereocenters. The van der Waals surface area contributed by atoms with Crippen LogP contribution >= 0.6 is 0 Å². The molecule has 1 aromatic carbocycles. The number of allylic oxidation sites excluding steroid dienone is 2. The second kappa shape index (κ2) is 5.23. The van der Waals surface area contributed by atoms with Crippen molar-refractivity contribution in [3.8, 4) is 0 Å². The van der Waals surface area contributed by atoms with Crippen LogP contribution in [0.4, 0.5) is 0 Å². The molecule has 3 heterocycles. The van der Waals surface area contributed by atoms with Gasteiger partial charge in [-0.05, 0) is 49.7 Å². The van der Waals surface area contributed by atoms with Crippen LogP contribution < -0.4 is 0 Å². The molecule has 1 N–H and O–H groups in total. The van der Waals surface area contributed by atoms with E-state index in [0.717, 1.165) is 45.1 Å². The first-order chi connectivity index (χ1) is 11.8. The Kier molecular flexibility index (Phi) is 3.12. The number of fused-ring (bicyclic) bond motifs is 6. The van der Waals surface area contributed by atoms with Gasteiger partial charge in [0.1, 0.15) is 0 Å². The van der Waals surface area contributed by atoms with Gasteiger partial charge in [0.15, 0.2) is 5.78 Å². The van der Waals surface area contributed by atoms with Crippen LogP contribution in [0.3, 0.4) is 0 Å². The third-order valence-electron chi connectivity index (χ3n) is 6.34. The molecule has 1 aliphatic carbocycles. The van der Waals surface area contributed by atoms with Gasteiger partial charge in [0.2, 0.25) is 0 Å². The molecule has 2 aliphatic heterocycles. The Labute approximate surface area is 142 Å². The number of nitrogens with one attached hydrogen (secondary N) is 1. The first-order valence-corrected chi connectivity index (χ1v) is 9.40. The highest BCUT2D eigenvalue weighted by molar-refractivity contribution is 5.97. The van der Waals surface area contributed by atoms with Crippen LogP contribution in [0.5, 0.6) is 0 Å². The van der Waals surface area contributed by atoms with Gasteiger partial charge in [0.25, 0.3) is 0 Å². The molecule has 1 aromatic heterocycles. The van der Waals surface area contributed by atoms with Gasteiger partial charge in [-0.15, -0.1) is 0 Å². The Bertz CT molecular complexity index is 860. The quantitative estimate of drug-likeness (QED) is 0.839. The van der Waals surface area contributed by atoms with Gasteiger partial charge >= 0.3 is 0 Å². The molecule has 24 heavy (non-hydrogen) atoms. The molecule has 0 fully saturated rings. The summed E-state index contributed by atoms with van der Waals surface area (Å²) in [5.41, 5.74) is 6.73. The van der Waals surface area contributed by atoms with E-state index in [4.69, 9.17) is 0 Å². The lowest BCUT2D eigenvalue weighted by Crippen LogP contribution is -2.42. The van der Waals surface area contributed by atoms with Crippen LogP contribution in [0.2, 0.25) is 0 Å². The molecule has 0 spiro atoms. The van der Waals surface area contributed by atoms with Gasteiger partial charge in [-0.1, -0.05) is 25.1 Å². The number of para-hydroxylation sites is 1. The van der Waals surface area contributed by atoms with Crippen molar-refractivity contribution in [3.05, 3.63) is 46.8 Å². The summed E-state index contributed by atoms with van der Waals surface area (Å²) in [6.45, 7) is 3.30. The first-order valence-electron chi connectivity index (χ1n) is 9.40. The molecule has 0 saturated carbocycles. The van der Waals surface area contributed by atoms with E-state index in [-0.39, 0.29) is 0 Å². The predicted molar refractivity (Wildman–Crippen MR) is 95.7 cm³/mol. The van der Waals surface area contributed by atoms with Gasteiger partial charge in [0.05, 0.1) is 6.04 Å². The Morgan fingerprint density at radius 1 is 1.21 bits per heavy atom. The zero-order valence-corrected chi connectivity index (χ0v) is 14.3. The molecule has 0 unspecified atom stereocenters. The lowest BCUT2D eigenvalue weighted by Gasteiger charge is -2.47. The van der Waals surface area contributed by atoms with Crippen LogP contribution in [0.1, 0.15) is 56.3 Å². The molecule has 3 nitrogen and oxygen atoms in total. The zero-order chi connectivity index (χ0) is 16.3. The number of aromatic nitrogens is 1. The maximum atomic E-state index is 12.6. The highest BCUT2D eigenvalue weighted by Gasteiger charge is 2.41. The second-order valence-electron chi connectivity index (χ2n) is 7.50. The van der Waals surface area contributed by atoms with Gasteiger partial charge in [-0.25, -0.2) is 0 Å². The normalized spacial score (nSPS) is 26.4. The fourth-order valence-electron chi connectivity index (χ4n) is 5.25. The Balaban J connectivity index is 1.66. The van der Waals surface area contributed by atoms with Gasteiger partial charge in [-0.2, -0.15) is 0 Å². The first kappa shape index (κ1) is 14.3. The minimum atomic E-state index is 0.420. The number of hydrogen-bond donors (Lipinski definition) is 1. The minimum Gasteiger partial charge on any atom is -0.366 e. The van der Waals surface area contributed by atoms with E-state index in [1.165, 1.54) is 33.4 Å². The van der Waals surface area contributed by atoms with E-state index in [2.05, 4.69) is 41.1 Å². The van der Waals surface area contributed by atoms with E-state index >= 15 is 0 Å². The van der Waals surface area contributed by atoms with Crippen molar-refractivity contribution in [3.63, 3.8) is 0 Å². The predicted octanol–water partition coefficient (Wildman–Crippen LogP) is 4.50. The fourth-order valence-corrected chi connectivity index (χ4v) is 5.25. The molecule has 0 bridgehead atoms. The SMILES string of the molecule is CC[C@@H]1C[C@H]2c3[nH]c4ccccc4c3CCN2C2=C1C(=O)CCC2. The summed E-state index contributed by atoms with van der Waals surface area (Å²) in [5.74, 6) is 0.857. The van der Waals surface area contributed by atoms with Crippen molar-refractivity contribution < 1.29 is 4.79 Å². The second-order valence-corrected chi connectivity index (χ2v) is 7.50. The van der Waals surface area contributed by atoms with Crippen LogP contribution in [0.15, 0.2) is 35.5 Å². The van der Waals surface area contributed by atoms with Crippen molar-refractivity contribution in [1.82, 2.24) is 9.88 Å². The molecule has 0 saturated heterocycles. The van der Waals surface area contributed by atoms with Crippen LogP contribution in [-0.2, 0) is 11.2 Å². The summed E-state index contributed by atoms with van der Waals surface area (Å²) in [6.07, 6.45) is 6.11. The Morgan fingerprint density at radius 3 is 2.96 bits per heavy atom. The summed E-state index contributed by atoms with van der Waals surface area (Å²) >= 11 is 0. The number of hydrogen-bond acceptors (Lipinski definition) is 2. The third-order valence-corrected chi connectivity index (χ3v) is 6.34. The van der Waals surface area contributed by atoms with E-state index in [9.17, 15) is 4.79 Å². The number of nitrogens with zero attached hydrogens (tertiary/aromatic N) is 1. The van der Waals surface area contributed by atoms with E-state index in [1.54, 1.807) is 0 Å². The maximum absolute atomic E-state index is 12.6. The number of aromatic amines is 1. The molecule has 3 aliphatic rings. The van der Waals surface area contributed by atoms with Crippen molar-refractivity contribution >= 4 is 16.7 Å². The number of carbonyl (C=O) groups is 1. The standard InChI is InChI=1S/C21H24N2O/c1-2-13-12-18-21-15(14-6-3-4-7-16(14)22-21)10-11-23(18)17-8-5-9-19(24)20(13)17/h3-4,6-7,13,18,22H,2,5,8-12H2,1H3/t13-,18+/m1/s1. The smallest absolute Gasteiger partial charge is 0.160 e. The zero-order valence-electron chi connectivity index (χ0n) is 14.3.